The smallest absolute Gasteiger partial charge is 0.248 e. The van der Waals surface area contributed by atoms with E-state index >= 15 is 0 Å². The highest BCUT2D eigenvalue weighted by Crippen LogP contribution is 2.10. The molecule has 1 N–H and O–H groups in total. The van der Waals surface area contributed by atoms with Crippen molar-refractivity contribution in [2.24, 2.45) is 0 Å². The molecule has 1 heterocycles. The lowest BCUT2D eigenvalue weighted by Crippen LogP contribution is -2.36. The van der Waals surface area contributed by atoms with E-state index in [9.17, 15) is 0 Å². The fraction of sp³-hybridized carbons (Fsp3) is 0.870. The van der Waals surface area contributed by atoms with Crippen molar-refractivity contribution in [2.45, 2.75) is 130 Å². The minimum atomic E-state index is 1.20. The van der Waals surface area contributed by atoms with E-state index in [-0.39, 0.29) is 0 Å². The highest BCUT2D eigenvalue weighted by atomic mass is 15.1. The van der Waals surface area contributed by atoms with Crippen LogP contribution in [0.2, 0.25) is 0 Å². The lowest BCUT2D eigenvalue weighted by atomic mass is 10.1. The molecule has 0 aliphatic rings. The first-order chi connectivity index (χ1) is 12.4. The second-order valence-electron chi connectivity index (χ2n) is 7.80. The van der Waals surface area contributed by atoms with Crippen LogP contribution in [-0.2, 0) is 13.0 Å². The normalized spacial score (nSPS) is 11.3. The molecule has 0 spiro atoms. The lowest BCUT2D eigenvalue weighted by molar-refractivity contribution is -0.703. The molecule has 2 nitrogen and oxygen atoms in total. The third kappa shape index (κ3) is 12.2. The average molecular weight is 350 g/mol. The summed E-state index contributed by atoms with van der Waals surface area (Å²) >= 11 is 0. The van der Waals surface area contributed by atoms with Crippen LogP contribution in [0.5, 0.6) is 0 Å². The Morgan fingerprint density at radius 1 is 0.640 bits per heavy atom. The Balaban J connectivity index is 2.00. The first-order valence-corrected chi connectivity index (χ1v) is 11.4. The van der Waals surface area contributed by atoms with Crippen LogP contribution in [0.25, 0.3) is 0 Å². The molecule has 0 aliphatic heterocycles. The Hall–Kier alpha value is -0.790. The third-order valence-corrected chi connectivity index (χ3v) is 5.37. The number of nitrogens with one attached hydrogen (secondary N) is 1. The zero-order chi connectivity index (χ0) is 18.0. The fourth-order valence-corrected chi connectivity index (χ4v) is 3.66. The number of aromatic nitrogens is 2. The molecule has 0 amide bonds. The highest BCUT2D eigenvalue weighted by Gasteiger charge is 2.09. The number of H-pyrrole nitrogens is 1. The molecule has 2 heteroatoms. The molecule has 0 fully saturated rings. The maximum atomic E-state index is 3.46. The van der Waals surface area contributed by atoms with Crippen LogP contribution in [0.4, 0.5) is 0 Å². The molecule has 0 aromatic carbocycles. The van der Waals surface area contributed by atoms with E-state index in [1.807, 2.05) is 0 Å². The molecule has 0 bridgehead atoms. The number of imidazole rings is 1. The van der Waals surface area contributed by atoms with Crippen LogP contribution < -0.4 is 4.57 Å². The fourth-order valence-electron chi connectivity index (χ4n) is 3.66. The molecular formula is C23H45N2+. The second kappa shape index (κ2) is 16.7. The summed E-state index contributed by atoms with van der Waals surface area (Å²) in [5.74, 6) is 1.44. The van der Waals surface area contributed by atoms with E-state index in [1.54, 1.807) is 0 Å². The summed E-state index contributed by atoms with van der Waals surface area (Å²) in [6, 6.07) is 0. The van der Waals surface area contributed by atoms with Gasteiger partial charge < -0.3 is 0 Å². The van der Waals surface area contributed by atoms with Crippen LogP contribution in [0.1, 0.15) is 122 Å². The summed E-state index contributed by atoms with van der Waals surface area (Å²) in [7, 11) is 0. The van der Waals surface area contributed by atoms with Crippen LogP contribution in [0, 0.1) is 0 Å². The van der Waals surface area contributed by atoms with E-state index in [4.69, 9.17) is 0 Å². The molecule has 0 saturated carbocycles. The van der Waals surface area contributed by atoms with Crippen molar-refractivity contribution in [3.8, 4) is 0 Å². The molecule has 0 unspecified atom stereocenters. The zero-order valence-corrected chi connectivity index (χ0v) is 17.3. The molecule has 0 atom stereocenters. The maximum absolute atomic E-state index is 3.46. The number of aryl methyl sites for hydroxylation is 2. The van der Waals surface area contributed by atoms with Crippen molar-refractivity contribution in [3.05, 3.63) is 18.2 Å². The summed E-state index contributed by atoms with van der Waals surface area (Å²) in [6.07, 6.45) is 28.0. The summed E-state index contributed by atoms with van der Waals surface area (Å²) in [5, 5.41) is 0. The first-order valence-electron chi connectivity index (χ1n) is 11.4. The number of aromatic amines is 1. The lowest BCUT2D eigenvalue weighted by Gasteiger charge is -2.03. The van der Waals surface area contributed by atoms with Crippen molar-refractivity contribution >= 4 is 0 Å². The average Bonchev–Trinajstić information content (AvgIpc) is 3.07. The van der Waals surface area contributed by atoms with Gasteiger partial charge in [0.1, 0.15) is 12.4 Å². The Morgan fingerprint density at radius 2 is 1.12 bits per heavy atom. The van der Waals surface area contributed by atoms with Gasteiger partial charge >= 0.3 is 0 Å². The highest BCUT2D eigenvalue weighted by molar-refractivity contribution is 4.77. The quantitative estimate of drug-likeness (QED) is 0.215. The second-order valence-corrected chi connectivity index (χ2v) is 7.80. The molecule has 0 saturated heterocycles. The van der Waals surface area contributed by atoms with E-state index in [1.165, 1.54) is 122 Å². The zero-order valence-electron chi connectivity index (χ0n) is 17.3. The van der Waals surface area contributed by atoms with Gasteiger partial charge in [0.25, 0.3) is 5.82 Å². The monoisotopic (exact) mass is 349 g/mol. The van der Waals surface area contributed by atoms with Crippen molar-refractivity contribution < 1.29 is 4.57 Å². The van der Waals surface area contributed by atoms with Crippen LogP contribution >= 0.6 is 0 Å². The first kappa shape index (κ1) is 22.3. The Kier molecular flexibility index (Phi) is 14.8. The van der Waals surface area contributed by atoms with Gasteiger partial charge in [-0.15, -0.1) is 0 Å². The standard InChI is InChI=1S/C23H44N2/c1-3-5-7-9-11-13-15-17-19-23-24-20-22-25(23)21-18-16-14-12-10-8-6-4-2/h20,22H,3-19,21H2,1-2H3/p+1. The minimum absolute atomic E-state index is 1.20. The molecule has 1 aromatic heterocycles. The Bertz CT molecular complexity index is 349. The number of hydrogen-bond acceptors (Lipinski definition) is 0. The van der Waals surface area contributed by atoms with E-state index in [2.05, 4.69) is 35.8 Å². The van der Waals surface area contributed by atoms with Crippen LogP contribution in [-0.4, -0.2) is 4.98 Å². The molecular weight excluding hydrogens is 304 g/mol. The van der Waals surface area contributed by atoms with Crippen LogP contribution in [0.3, 0.4) is 0 Å². The van der Waals surface area contributed by atoms with Gasteiger partial charge in [-0.3, -0.25) is 0 Å². The molecule has 0 aliphatic carbocycles. The van der Waals surface area contributed by atoms with Gasteiger partial charge in [0, 0.05) is 6.42 Å². The molecule has 146 valence electrons. The summed E-state index contributed by atoms with van der Waals surface area (Å²) in [4.78, 5) is 3.46. The van der Waals surface area contributed by atoms with E-state index < -0.39 is 0 Å². The van der Waals surface area contributed by atoms with Gasteiger partial charge in [0.15, 0.2) is 0 Å². The number of rotatable bonds is 18. The summed E-state index contributed by atoms with van der Waals surface area (Å²) < 4.78 is 2.46. The van der Waals surface area contributed by atoms with Gasteiger partial charge in [-0.05, 0) is 19.3 Å². The van der Waals surface area contributed by atoms with E-state index in [0.717, 1.165) is 0 Å². The summed E-state index contributed by atoms with van der Waals surface area (Å²) in [6.45, 7) is 5.78. The molecule has 25 heavy (non-hydrogen) atoms. The van der Waals surface area contributed by atoms with Crippen LogP contribution in [0.15, 0.2) is 12.4 Å². The maximum Gasteiger partial charge on any atom is 0.254 e. The Morgan fingerprint density at radius 3 is 1.68 bits per heavy atom. The van der Waals surface area contributed by atoms with Gasteiger partial charge in [0.05, 0.1) is 6.54 Å². The molecule has 1 rings (SSSR count). The topological polar surface area (TPSA) is 19.7 Å². The van der Waals surface area contributed by atoms with Gasteiger partial charge in [0.2, 0.25) is 0 Å². The molecule has 0 radical (unpaired) electrons. The summed E-state index contributed by atoms with van der Waals surface area (Å²) in [5.41, 5.74) is 0. The largest absolute Gasteiger partial charge is 0.254 e. The van der Waals surface area contributed by atoms with Gasteiger partial charge in [-0.1, -0.05) is 97.3 Å². The van der Waals surface area contributed by atoms with Gasteiger partial charge in [-0.25, -0.2) is 9.55 Å². The van der Waals surface area contributed by atoms with Crippen molar-refractivity contribution in [1.82, 2.24) is 4.98 Å². The Labute approximate surface area is 157 Å². The number of hydrogen-bond donors (Lipinski definition) is 1. The van der Waals surface area contributed by atoms with Crippen molar-refractivity contribution in [3.63, 3.8) is 0 Å². The van der Waals surface area contributed by atoms with Gasteiger partial charge in [-0.2, -0.15) is 0 Å². The molecule has 1 aromatic rings. The SMILES string of the molecule is CCCCCCCCCCc1[nH]cc[n+]1CCCCCCCCCC. The number of unbranched alkanes of at least 4 members (excludes halogenated alkanes) is 14. The van der Waals surface area contributed by atoms with Crippen molar-refractivity contribution in [2.75, 3.05) is 0 Å². The van der Waals surface area contributed by atoms with E-state index in [0.29, 0.717) is 0 Å². The third-order valence-electron chi connectivity index (χ3n) is 5.37. The minimum Gasteiger partial charge on any atom is -0.248 e. The number of nitrogens with zero attached hydrogens (tertiary/aromatic N) is 1. The predicted octanol–water partition coefficient (Wildman–Crippen LogP) is 7.13. The van der Waals surface area contributed by atoms with Crippen molar-refractivity contribution in [1.29, 1.82) is 0 Å². The predicted molar refractivity (Wildman–Crippen MR) is 110 cm³/mol.